The Kier molecular flexibility index (Phi) is 5.12. The molecule has 4 nitrogen and oxygen atoms in total. The van der Waals surface area contributed by atoms with E-state index >= 15 is 0 Å². The fourth-order valence-corrected chi connectivity index (χ4v) is 5.88. The van der Waals surface area contributed by atoms with Gasteiger partial charge < -0.3 is 4.74 Å². The Balaban J connectivity index is 1.38. The number of carbonyl (C=O) groups is 1. The van der Waals surface area contributed by atoms with Crippen LogP contribution in [0.3, 0.4) is 0 Å². The summed E-state index contributed by atoms with van der Waals surface area (Å²) >= 11 is 0. The second-order valence-electron chi connectivity index (χ2n) is 8.91. The topological polar surface area (TPSA) is 63.0 Å². The van der Waals surface area contributed by atoms with E-state index in [1.807, 2.05) is 42.6 Å². The highest BCUT2D eigenvalue weighted by Gasteiger charge is 2.49. The van der Waals surface area contributed by atoms with Gasteiger partial charge in [-0.1, -0.05) is 49.6 Å². The van der Waals surface area contributed by atoms with E-state index in [9.17, 15) is 10.1 Å². The third kappa shape index (κ3) is 3.54. The van der Waals surface area contributed by atoms with Crippen LogP contribution < -0.4 is 0 Å². The fraction of sp³-hybridized carbons (Fsp3) is 0.423. The molecule has 1 aromatic carbocycles. The summed E-state index contributed by atoms with van der Waals surface area (Å²) in [6, 6.07) is 13.9. The number of allylic oxidation sites excluding steroid dienone is 1. The van der Waals surface area contributed by atoms with Crippen LogP contribution in [0.2, 0.25) is 0 Å². The van der Waals surface area contributed by atoms with Crippen LogP contribution in [0, 0.1) is 35.0 Å². The lowest BCUT2D eigenvalue weighted by molar-refractivity contribution is -0.143. The number of nitrogens with zero attached hydrogens (tertiary/aromatic N) is 2. The molecular weight excluding hydrogens is 372 g/mol. The smallest absolute Gasteiger partial charge is 0.306 e. The lowest BCUT2D eigenvalue weighted by atomic mass is 9.60. The number of benzene rings is 1. The van der Waals surface area contributed by atoms with Gasteiger partial charge in [0.05, 0.1) is 23.7 Å². The van der Waals surface area contributed by atoms with Gasteiger partial charge in [-0.25, -0.2) is 0 Å². The Morgan fingerprint density at radius 1 is 1.10 bits per heavy atom. The van der Waals surface area contributed by atoms with E-state index in [0.717, 1.165) is 23.2 Å². The minimum Gasteiger partial charge on any atom is -0.462 e. The molecular formula is C26H26N2O2. The Hall–Kier alpha value is -2.93. The summed E-state index contributed by atoms with van der Waals surface area (Å²) in [5, 5.41) is 9.34. The van der Waals surface area contributed by atoms with Gasteiger partial charge in [-0.3, -0.25) is 9.78 Å². The van der Waals surface area contributed by atoms with Crippen molar-refractivity contribution in [1.82, 2.24) is 4.98 Å². The average molecular weight is 399 g/mol. The SMILES string of the molecule is N#Cc1ccccc1-c1ccc(/C=C/C2C3CCCCC3C[C@@H]3OC(=O)C[C@H]23)nc1. The van der Waals surface area contributed by atoms with Crippen molar-refractivity contribution in [2.75, 3.05) is 0 Å². The van der Waals surface area contributed by atoms with Crippen LogP contribution >= 0.6 is 0 Å². The van der Waals surface area contributed by atoms with E-state index < -0.39 is 0 Å². The van der Waals surface area contributed by atoms with Crippen LogP contribution in [0.15, 0.2) is 48.7 Å². The summed E-state index contributed by atoms with van der Waals surface area (Å²) in [6.45, 7) is 0. The average Bonchev–Trinajstić information content (AvgIpc) is 3.16. The second kappa shape index (κ2) is 8.07. The first-order chi connectivity index (χ1) is 14.7. The number of fused-ring (bicyclic) bond motifs is 2. The first-order valence-corrected chi connectivity index (χ1v) is 11.1. The molecule has 5 rings (SSSR count). The number of esters is 1. The molecule has 4 heteroatoms. The largest absolute Gasteiger partial charge is 0.462 e. The molecule has 2 saturated carbocycles. The number of carbonyl (C=O) groups excluding carboxylic acids is 1. The third-order valence-corrected chi connectivity index (χ3v) is 7.29. The van der Waals surface area contributed by atoms with Gasteiger partial charge in [-0.15, -0.1) is 0 Å². The number of ether oxygens (including phenoxy) is 1. The molecule has 30 heavy (non-hydrogen) atoms. The van der Waals surface area contributed by atoms with Crippen molar-refractivity contribution in [3.63, 3.8) is 0 Å². The molecule has 3 unspecified atom stereocenters. The van der Waals surface area contributed by atoms with E-state index in [-0.39, 0.29) is 12.1 Å². The van der Waals surface area contributed by atoms with Crippen molar-refractivity contribution in [1.29, 1.82) is 5.26 Å². The zero-order chi connectivity index (χ0) is 20.5. The molecule has 3 aliphatic rings. The lowest BCUT2D eigenvalue weighted by Crippen LogP contribution is -2.41. The monoisotopic (exact) mass is 398 g/mol. The summed E-state index contributed by atoms with van der Waals surface area (Å²) < 4.78 is 5.67. The van der Waals surface area contributed by atoms with Crippen molar-refractivity contribution in [3.8, 4) is 17.2 Å². The molecule has 0 spiro atoms. The lowest BCUT2D eigenvalue weighted by Gasteiger charge is -2.45. The first-order valence-electron chi connectivity index (χ1n) is 11.1. The molecule has 152 valence electrons. The first kappa shape index (κ1) is 19.1. The number of pyridine rings is 1. The molecule has 3 fully saturated rings. The van der Waals surface area contributed by atoms with Crippen LogP contribution in [0.5, 0.6) is 0 Å². The van der Waals surface area contributed by atoms with E-state index in [4.69, 9.17) is 4.74 Å². The summed E-state index contributed by atoms with van der Waals surface area (Å²) in [4.78, 5) is 16.6. The number of nitriles is 1. The van der Waals surface area contributed by atoms with Crippen molar-refractivity contribution < 1.29 is 9.53 Å². The van der Waals surface area contributed by atoms with Crippen LogP contribution in [-0.4, -0.2) is 17.1 Å². The predicted molar refractivity (Wildman–Crippen MR) is 115 cm³/mol. The number of hydrogen-bond acceptors (Lipinski definition) is 4. The highest BCUT2D eigenvalue weighted by Crippen LogP contribution is 2.51. The quantitative estimate of drug-likeness (QED) is 0.650. The van der Waals surface area contributed by atoms with Crippen LogP contribution in [0.1, 0.15) is 49.8 Å². The molecule has 1 saturated heterocycles. The fourth-order valence-electron chi connectivity index (χ4n) is 5.88. The van der Waals surface area contributed by atoms with Gasteiger partial charge in [0, 0.05) is 23.2 Å². The van der Waals surface area contributed by atoms with Crippen molar-refractivity contribution in [3.05, 3.63) is 59.9 Å². The van der Waals surface area contributed by atoms with Gasteiger partial charge in [-0.2, -0.15) is 5.26 Å². The van der Waals surface area contributed by atoms with Gasteiger partial charge >= 0.3 is 5.97 Å². The predicted octanol–water partition coefficient (Wildman–Crippen LogP) is 5.39. The van der Waals surface area contributed by atoms with Gasteiger partial charge in [0.15, 0.2) is 0 Å². The maximum absolute atomic E-state index is 12.0. The maximum atomic E-state index is 12.0. The van der Waals surface area contributed by atoms with Crippen LogP contribution in [0.25, 0.3) is 17.2 Å². The summed E-state index contributed by atoms with van der Waals surface area (Å²) in [6.07, 6.45) is 13.1. The Morgan fingerprint density at radius 3 is 2.80 bits per heavy atom. The molecule has 2 heterocycles. The summed E-state index contributed by atoms with van der Waals surface area (Å²) in [7, 11) is 0. The van der Waals surface area contributed by atoms with Crippen LogP contribution in [0.4, 0.5) is 0 Å². The molecule has 0 N–H and O–H groups in total. The number of aromatic nitrogens is 1. The van der Waals surface area contributed by atoms with E-state index in [1.54, 1.807) is 0 Å². The van der Waals surface area contributed by atoms with Crippen molar-refractivity contribution in [2.24, 2.45) is 23.7 Å². The second-order valence-corrected chi connectivity index (χ2v) is 8.91. The molecule has 0 bridgehead atoms. The van der Waals surface area contributed by atoms with Gasteiger partial charge in [0.2, 0.25) is 0 Å². The molecule has 2 aliphatic carbocycles. The molecule has 0 radical (unpaired) electrons. The van der Waals surface area contributed by atoms with Gasteiger partial charge in [0.25, 0.3) is 0 Å². The van der Waals surface area contributed by atoms with Gasteiger partial charge in [0.1, 0.15) is 6.10 Å². The molecule has 1 aliphatic heterocycles. The highest BCUT2D eigenvalue weighted by molar-refractivity contribution is 5.72. The van der Waals surface area contributed by atoms with E-state index in [0.29, 0.717) is 35.7 Å². The molecule has 5 atom stereocenters. The Morgan fingerprint density at radius 2 is 1.97 bits per heavy atom. The highest BCUT2D eigenvalue weighted by atomic mass is 16.5. The van der Waals surface area contributed by atoms with Crippen molar-refractivity contribution >= 4 is 12.0 Å². The van der Waals surface area contributed by atoms with Crippen LogP contribution in [-0.2, 0) is 9.53 Å². The van der Waals surface area contributed by atoms with E-state index in [2.05, 4.69) is 23.2 Å². The summed E-state index contributed by atoms with van der Waals surface area (Å²) in [5.74, 6) is 2.02. The molecule has 1 aromatic heterocycles. The zero-order valence-corrected chi connectivity index (χ0v) is 17.0. The normalized spacial score (nSPS) is 30.4. The molecule has 0 amide bonds. The standard InChI is InChI=1S/C26H26N2O2/c27-15-18-6-2-3-7-21(18)19-9-10-20(28-16-19)11-12-23-22-8-4-1-5-17(22)13-25-24(23)14-26(29)30-25/h2-3,6-7,9-12,16-17,22-25H,1,4-5,8,13-14H2/b12-11+/t17?,22?,23?,24-,25+/m1/s1. The maximum Gasteiger partial charge on any atom is 0.306 e. The Bertz CT molecular complexity index is 1000. The van der Waals surface area contributed by atoms with Crippen molar-refractivity contribution in [2.45, 2.75) is 44.6 Å². The third-order valence-electron chi connectivity index (χ3n) is 7.29. The van der Waals surface area contributed by atoms with E-state index in [1.165, 1.54) is 25.7 Å². The van der Waals surface area contributed by atoms with Gasteiger partial charge in [-0.05, 0) is 48.8 Å². The Labute approximate surface area is 177 Å². The zero-order valence-electron chi connectivity index (χ0n) is 17.0. The molecule has 2 aromatic rings. The minimum atomic E-state index is -0.0271. The number of hydrogen-bond donors (Lipinski definition) is 0. The summed E-state index contributed by atoms with van der Waals surface area (Å²) in [5.41, 5.74) is 3.42. The number of rotatable bonds is 3. The minimum absolute atomic E-state index is 0.0271.